The zero-order valence-electron chi connectivity index (χ0n) is 14.9. The molecule has 0 N–H and O–H groups in total. The Kier molecular flexibility index (Phi) is 4.24. The van der Waals surface area contributed by atoms with Gasteiger partial charge in [-0.25, -0.2) is 0 Å². The minimum absolute atomic E-state index is 0.145. The fraction of sp³-hybridized carbons (Fsp3) is 0.500. The van der Waals surface area contributed by atoms with Gasteiger partial charge in [0.05, 0.1) is 19.3 Å². The summed E-state index contributed by atoms with van der Waals surface area (Å²) in [6, 6.07) is 8.44. The summed E-state index contributed by atoms with van der Waals surface area (Å²) in [7, 11) is 1.67. The van der Waals surface area contributed by atoms with Crippen molar-refractivity contribution >= 4 is 5.91 Å². The number of hydrogen-bond donors (Lipinski definition) is 0. The molecule has 0 spiro atoms. The molecule has 5 heteroatoms. The Hall–Kier alpha value is -2.30. The molecule has 2 fully saturated rings. The number of benzene rings is 1. The quantitative estimate of drug-likeness (QED) is 0.859. The van der Waals surface area contributed by atoms with Crippen molar-refractivity contribution in [1.29, 1.82) is 0 Å². The SMILES string of the molecule is COc1ccc([C@@H]2C[C@H]2C(=O)N2CCC[C@@H](n3cc(C)cn3)C2)cc1. The fourth-order valence-electron chi connectivity index (χ4n) is 3.93. The lowest BCUT2D eigenvalue weighted by molar-refractivity contribution is -0.134. The molecular formula is C20H25N3O2. The molecule has 1 aliphatic heterocycles. The summed E-state index contributed by atoms with van der Waals surface area (Å²) in [5, 5.41) is 4.44. The number of rotatable bonds is 4. The normalized spacial score (nSPS) is 25.7. The molecule has 1 aromatic heterocycles. The highest BCUT2D eigenvalue weighted by molar-refractivity contribution is 5.83. The lowest BCUT2D eigenvalue weighted by Gasteiger charge is -2.33. The summed E-state index contributed by atoms with van der Waals surface area (Å²) in [5.41, 5.74) is 2.42. The molecule has 1 amide bonds. The van der Waals surface area contributed by atoms with Crippen LogP contribution in [0.1, 0.15) is 42.3 Å². The predicted molar refractivity (Wildman–Crippen MR) is 95.7 cm³/mol. The Morgan fingerprint density at radius 1 is 1.28 bits per heavy atom. The molecule has 25 heavy (non-hydrogen) atoms. The molecule has 2 aliphatic rings. The first-order valence-electron chi connectivity index (χ1n) is 9.09. The van der Waals surface area contributed by atoms with Crippen LogP contribution in [-0.4, -0.2) is 40.8 Å². The number of amides is 1. The van der Waals surface area contributed by atoms with E-state index in [1.54, 1.807) is 7.11 Å². The number of methoxy groups -OCH3 is 1. The van der Waals surface area contributed by atoms with Gasteiger partial charge in [0.1, 0.15) is 5.75 Å². The number of carbonyl (C=O) groups is 1. The molecular weight excluding hydrogens is 314 g/mol. The van der Waals surface area contributed by atoms with E-state index < -0.39 is 0 Å². The molecule has 0 unspecified atom stereocenters. The molecule has 3 atom stereocenters. The van der Waals surface area contributed by atoms with Gasteiger partial charge in [0.15, 0.2) is 0 Å². The molecule has 2 aromatic rings. The van der Waals surface area contributed by atoms with E-state index in [9.17, 15) is 4.79 Å². The minimum atomic E-state index is 0.145. The summed E-state index contributed by atoms with van der Waals surface area (Å²) in [6.07, 6.45) is 7.08. The van der Waals surface area contributed by atoms with Gasteiger partial charge in [-0.15, -0.1) is 0 Å². The van der Waals surface area contributed by atoms with Gasteiger partial charge in [-0.3, -0.25) is 9.48 Å². The summed E-state index contributed by atoms with van der Waals surface area (Å²) in [6.45, 7) is 3.71. The number of nitrogens with zero attached hydrogens (tertiary/aromatic N) is 3. The van der Waals surface area contributed by atoms with Gasteiger partial charge in [-0.1, -0.05) is 12.1 Å². The highest BCUT2D eigenvalue weighted by Gasteiger charge is 2.46. The third-order valence-electron chi connectivity index (χ3n) is 5.46. The second-order valence-corrected chi connectivity index (χ2v) is 7.30. The van der Waals surface area contributed by atoms with Crippen LogP contribution >= 0.6 is 0 Å². The van der Waals surface area contributed by atoms with Gasteiger partial charge in [0.2, 0.25) is 5.91 Å². The highest BCUT2D eigenvalue weighted by atomic mass is 16.5. The molecule has 1 saturated heterocycles. The van der Waals surface area contributed by atoms with Crippen molar-refractivity contribution < 1.29 is 9.53 Å². The Balaban J connectivity index is 1.39. The Labute approximate surface area is 148 Å². The Morgan fingerprint density at radius 2 is 2.08 bits per heavy atom. The van der Waals surface area contributed by atoms with Gasteiger partial charge in [0.25, 0.3) is 0 Å². The third-order valence-corrected chi connectivity index (χ3v) is 5.46. The number of likely N-dealkylation sites (tertiary alicyclic amines) is 1. The van der Waals surface area contributed by atoms with Gasteiger partial charge < -0.3 is 9.64 Å². The first kappa shape index (κ1) is 16.2. The first-order valence-corrected chi connectivity index (χ1v) is 9.09. The molecule has 1 saturated carbocycles. The Bertz CT molecular complexity index is 753. The van der Waals surface area contributed by atoms with Crippen LogP contribution in [0.2, 0.25) is 0 Å². The zero-order valence-corrected chi connectivity index (χ0v) is 14.9. The second-order valence-electron chi connectivity index (χ2n) is 7.30. The molecule has 0 radical (unpaired) electrons. The summed E-state index contributed by atoms with van der Waals surface area (Å²) >= 11 is 0. The van der Waals surface area contributed by atoms with Crippen LogP contribution in [-0.2, 0) is 4.79 Å². The molecule has 2 heterocycles. The topological polar surface area (TPSA) is 47.4 Å². The number of piperidine rings is 1. The number of ether oxygens (including phenoxy) is 1. The maximum atomic E-state index is 12.9. The van der Waals surface area contributed by atoms with Crippen molar-refractivity contribution in [2.45, 2.75) is 38.1 Å². The molecule has 1 aromatic carbocycles. The summed E-state index contributed by atoms with van der Waals surface area (Å²) < 4.78 is 7.24. The smallest absolute Gasteiger partial charge is 0.226 e. The average molecular weight is 339 g/mol. The predicted octanol–water partition coefficient (Wildman–Crippen LogP) is 3.17. The lowest BCUT2D eigenvalue weighted by atomic mass is 10.0. The van der Waals surface area contributed by atoms with Crippen LogP contribution in [0.4, 0.5) is 0 Å². The van der Waals surface area contributed by atoms with Crippen LogP contribution in [0, 0.1) is 12.8 Å². The van der Waals surface area contributed by atoms with Gasteiger partial charge in [-0.05, 0) is 55.4 Å². The molecule has 1 aliphatic carbocycles. The number of carbonyl (C=O) groups excluding carboxylic acids is 1. The van der Waals surface area contributed by atoms with Crippen molar-refractivity contribution in [3.8, 4) is 5.75 Å². The molecule has 0 bridgehead atoms. The van der Waals surface area contributed by atoms with Gasteiger partial charge in [-0.2, -0.15) is 5.10 Å². The molecule has 5 nitrogen and oxygen atoms in total. The van der Waals surface area contributed by atoms with Crippen molar-refractivity contribution in [2.24, 2.45) is 5.92 Å². The van der Waals surface area contributed by atoms with E-state index in [-0.39, 0.29) is 5.92 Å². The van der Waals surface area contributed by atoms with E-state index in [1.807, 2.05) is 23.0 Å². The van der Waals surface area contributed by atoms with Crippen molar-refractivity contribution in [2.75, 3.05) is 20.2 Å². The Morgan fingerprint density at radius 3 is 2.76 bits per heavy atom. The highest BCUT2D eigenvalue weighted by Crippen LogP contribution is 2.49. The zero-order chi connectivity index (χ0) is 17.4. The largest absolute Gasteiger partial charge is 0.497 e. The van der Waals surface area contributed by atoms with E-state index in [0.717, 1.165) is 38.1 Å². The molecule has 132 valence electrons. The van der Waals surface area contributed by atoms with Gasteiger partial charge in [0, 0.05) is 25.2 Å². The fourth-order valence-corrected chi connectivity index (χ4v) is 3.93. The van der Waals surface area contributed by atoms with Crippen molar-refractivity contribution in [3.63, 3.8) is 0 Å². The van der Waals surface area contributed by atoms with Crippen LogP contribution in [0.3, 0.4) is 0 Å². The minimum Gasteiger partial charge on any atom is -0.497 e. The van der Waals surface area contributed by atoms with Gasteiger partial charge >= 0.3 is 0 Å². The van der Waals surface area contributed by atoms with Crippen LogP contribution in [0.5, 0.6) is 5.75 Å². The second kappa shape index (κ2) is 6.54. The maximum Gasteiger partial charge on any atom is 0.226 e. The third kappa shape index (κ3) is 3.28. The number of hydrogen-bond acceptors (Lipinski definition) is 3. The van der Waals surface area contributed by atoms with E-state index in [1.165, 1.54) is 11.1 Å². The maximum absolute atomic E-state index is 12.9. The van der Waals surface area contributed by atoms with Crippen molar-refractivity contribution in [1.82, 2.24) is 14.7 Å². The standard InChI is InChI=1S/C20H25N3O2/c1-14-11-21-23(12-14)16-4-3-9-22(13-16)20(24)19-10-18(19)15-5-7-17(25-2)8-6-15/h5-8,11-12,16,18-19H,3-4,9-10,13H2,1-2H3/t16-,18+,19-/m1/s1. The lowest BCUT2D eigenvalue weighted by Crippen LogP contribution is -2.41. The monoisotopic (exact) mass is 339 g/mol. The average Bonchev–Trinajstić information content (AvgIpc) is 3.34. The first-order chi connectivity index (χ1) is 12.2. The van der Waals surface area contributed by atoms with Crippen LogP contribution < -0.4 is 4.74 Å². The van der Waals surface area contributed by atoms with Crippen LogP contribution in [0.15, 0.2) is 36.7 Å². The number of aryl methyl sites for hydroxylation is 1. The van der Waals surface area contributed by atoms with E-state index >= 15 is 0 Å². The van der Waals surface area contributed by atoms with Crippen molar-refractivity contribution in [3.05, 3.63) is 47.8 Å². The number of aromatic nitrogens is 2. The van der Waals surface area contributed by atoms with E-state index in [0.29, 0.717) is 17.9 Å². The van der Waals surface area contributed by atoms with E-state index in [2.05, 4.69) is 35.3 Å². The van der Waals surface area contributed by atoms with Crippen LogP contribution in [0.25, 0.3) is 0 Å². The molecule has 4 rings (SSSR count). The summed E-state index contributed by atoms with van der Waals surface area (Å²) in [5.74, 6) is 1.69. The summed E-state index contributed by atoms with van der Waals surface area (Å²) in [4.78, 5) is 15.0. The van der Waals surface area contributed by atoms with E-state index in [4.69, 9.17) is 4.74 Å².